The lowest BCUT2D eigenvalue weighted by Crippen LogP contribution is -2.54. The van der Waals surface area contributed by atoms with Crippen molar-refractivity contribution in [2.24, 2.45) is 0 Å². The van der Waals surface area contributed by atoms with E-state index in [1.165, 1.54) is 0 Å². The quantitative estimate of drug-likeness (QED) is 0.536. The Morgan fingerprint density at radius 2 is 1.94 bits per heavy atom. The molecule has 2 aromatic heterocycles. The van der Waals surface area contributed by atoms with Gasteiger partial charge in [-0.25, -0.2) is 0 Å². The molecule has 4 rings (SSSR count). The fourth-order valence-electron chi connectivity index (χ4n) is 3.91. The molecule has 31 heavy (non-hydrogen) atoms. The lowest BCUT2D eigenvalue weighted by molar-refractivity contribution is -0.123. The summed E-state index contributed by atoms with van der Waals surface area (Å²) in [6.07, 6.45) is 1.77. The molecule has 0 N–H and O–H groups in total. The largest absolute Gasteiger partial charge is 0.339 e. The third kappa shape index (κ3) is 5.39. The summed E-state index contributed by atoms with van der Waals surface area (Å²) in [5, 5.41) is 6.09. The number of thiophene rings is 1. The van der Waals surface area contributed by atoms with Gasteiger partial charge in [-0.05, 0) is 43.5 Å². The van der Waals surface area contributed by atoms with Crippen LogP contribution in [0.15, 0.2) is 52.4 Å². The highest BCUT2D eigenvalue weighted by Crippen LogP contribution is 2.21. The van der Waals surface area contributed by atoms with Crippen LogP contribution in [0.4, 0.5) is 5.69 Å². The van der Waals surface area contributed by atoms with Crippen molar-refractivity contribution >= 4 is 22.9 Å². The number of nitrogens with zero attached hydrogens (tertiary/aromatic N) is 5. The zero-order valence-electron chi connectivity index (χ0n) is 18.1. The van der Waals surface area contributed by atoms with E-state index in [1.54, 1.807) is 16.2 Å². The minimum Gasteiger partial charge on any atom is -0.339 e. The molecule has 1 aliphatic rings. The number of likely N-dealkylation sites (N-methyl/N-ethyl adjacent to an activating group) is 1. The summed E-state index contributed by atoms with van der Waals surface area (Å²) in [5.41, 5.74) is 0.932. The van der Waals surface area contributed by atoms with Gasteiger partial charge in [-0.1, -0.05) is 29.4 Å². The lowest BCUT2D eigenvalue weighted by Gasteiger charge is -2.38. The first kappa shape index (κ1) is 21.7. The van der Waals surface area contributed by atoms with E-state index in [4.69, 9.17) is 4.52 Å². The molecule has 1 atom stereocenters. The smallest absolute Gasteiger partial charge is 0.243 e. The molecule has 3 heterocycles. The number of para-hydroxylation sites is 1. The van der Waals surface area contributed by atoms with Crippen molar-refractivity contribution in [1.82, 2.24) is 19.9 Å². The van der Waals surface area contributed by atoms with Gasteiger partial charge in [0.25, 0.3) is 0 Å². The van der Waals surface area contributed by atoms with Crippen molar-refractivity contribution in [3.63, 3.8) is 0 Å². The number of piperazine rings is 1. The van der Waals surface area contributed by atoms with Crippen LogP contribution in [0, 0.1) is 0 Å². The number of benzene rings is 1. The van der Waals surface area contributed by atoms with Gasteiger partial charge in [0.2, 0.25) is 17.6 Å². The van der Waals surface area contributed by atoms with E-state index in [2.05, 4.69) is 19.9 Å². The van der Waals surface area contributed by atoms with Crippen LogP contribution in [0.5, 0.6) is 0 Å². The summed E-state index contributed by atoms with van der Waals surface area (Å²) in [6, 6.07) is 13.7. The molecule has 1 saturated heterocycles. The maximum atomic E-state index is 12.9. The Morgan fingerprint density at radius 3 is 2.65 bits per heavy atom. The van der Waals surface area contributed by atoms with Crippen molar-refractivity contribution in [2.45, 2.75) is 25.8 Å². The van der Waals surface area contributed by atoms with Crippen LogP contribution in [-0.2, 0) is 11.2 Å². The zero-order chi connectivity index (χ0) is 21.6. The second-order valence-corrected chi connectivity index (χ2v) is 8.83. The second kappa shape index (κ2) is 10.2. The maximum Gasteiger partial charge on any atom is 0.243 e. The van der Waals surface area contributed by atoms with Crippen molar-refractivity contribution in [2.75, 3.05) is 44.7 Å². The van der Waals surface area contributed by atoms with Gasteiger partial charge in [-0.2, -0.15) is 4.98 Å². The maximum absolute atomic E-state index is 12.9. The third-order valence-electron chi connectivity index (χ3n) is 5.86. The number of aryl methyl sites for hydroxylation is 1. The normalized spacial score (nSPS) is 16.3. The highest BCUT2D eigenvalue weighted by atomic mass is 32.1. The Balaban J connectivity index is 1.19. The molecular formula is C23H29N5O2S. The van der Waals surface area contributed by atoms with Crippen molar-refractivity contribution in [1.29, 1.82) is 0 Å². The highest BCUT2D eigenvalue weighted by molar-refractivity contribution is 7.13. The molecule has 3 aromatic rings. The van der Waals surface area contributed by atoms with Gasteiger partial charge in [-0.3, -0.25) is 9.69 Å². The minimum absolute atomic E-state index is 0.124. The second-order valence-electron chi connectivity index (χ2n) is 7.88. The average molecular weight is 440 g/mol. The van der Waals surface area contributed by atoms with Crippen LogP contribution < -0.4 is 4.90 Å². The van der Waals surface area contributed by atoms with Crippen LogP contribution in [0.3, 0.4) is 0 Å². The number of rotatable bonds is 8. The van der Waals surface area contributed by atoms with Crippen molar-refractivity contribution in [3.05, 3.63) is 53.7 Å². The van der Waals surface area contributed by atoms with E-state index in [1.807, 2.05) is 61.8 Å². The van der Waals surface area contributed by atoms with Gasteiger partial charge in [0, 0.05) is 45.3 Å². The molecule has 0 aliphatic carbocycles. The van der Waals surface area contributed by atoms with E-state index in [0.717, 1.165) is 56.1 Å². The summed E-state index contributed by atoms with van der Waals surface area (Å²) >= 11 is 1.62. The number of aromatic nitrogens is 2. The molecule has 1 aliphatic heterocycles. The van der Waals surface area contributed by atoms with Crippen LogP contribution in [-0.4, -0.2) is 71.7 Å². The van der Waals surface area contributed by atoms with E-state index in [9.17, 15) is 4.79 Å². The molecule has 8 heteroatoms. The third-order valence-corrected chi connectivity index (χ3v) is 6.73. The summed E-state index contributed by atoms with van der Waals surface area (Å²) in [4.78, 5) is 24.9. The first-order valence-corrected chi connectivity index (χ1v) is 11.7. The Bertz CT molecular complexity index is 952. The summed E-state index contributed by atoms with van der Waals surface area (Å²) in [7, 11) is 1.85. The summed E-state index contributed by atoms with van der Waals surface area (Å²) in [5.74, 6) is 1.51. The van der Waals surface area contributed by atoms with Crippen LogP contribution in [0.1, 0.15) is 19.2 Å². The average Bonchev–Trinajstić information content (AvgIpc) is 3.51. The van der Waals surface area contributed by atoms with E-state index < -0.39 is 0 Å². The predicted octanol–water partition coefficient (Wildman–Crippen LogP) is 3.40. The fraction of sp³-hybridized carbons (Fsp3) is 0.435. The van der Waals surface area contributed by atoms with Crippen LogP contribution >= 0.6 is 11.3 Å². The molecule has 1 fully saturated rings. The van der Waals surface area contributed by atoms with Gasteiger partial charge in [-0.15, -0.1) is 11.3 Å². The van der Waals surface area contributed by atoms with E-state index >= 15 is 0 Å². The predicted molar refractivity (Wildman–Crippen MR) is 123 cm³/mol. The molecule has 7 nitrogen and oxygen atoms in total. The van der Waals surface area contributed by atoms with Crippen LogP contribution in [0.25, 0.3) is 10.7 Å². The Morgan fingerprint density at radius 1 is 1.16 bits per heavy atom. The first-order chi connectivity index (χ1) is 15.1. The molecule has 1 unspecified atom stereocenters. The topological polar surface area (TPSA) is 65.7 Å². The first-order valence-electron chi connectivity index (χ1n) is 10.8. The number of hydrogen-bond acceptors (Lipinski definition) is 7. The molecule has 0 bridgehead atoms. The van der Waals surface area contributed by atoms with E-state index in [0.29, 0.717) is 11.7 Å². The van der Waals surface area contributed by atoms with E-state index in [-0.39, 0.29) is 11.9 Å². The summed E-state index contributed by atoms with van der Waals surface area (Å²) in [6.45, 7) is 6.75. The number of carbonyl (C=O) groups excluding carboxylic acids is 1. The number of anilines is 1. The zero-order valence-corrected chi connectivity index (χ0v) is 18.9. The molecule has 0 spiro atoms. The van der Waals surface area contributed by atoms with Gasteiger partial charge in [0.15, 0.2) is 0 Å². The Hall–Kier alpha value is -2.55. The fourth-order valence-corrected chi connectivity index (χ4v) is 4.55. The highest BCUT2D eigenvalue weighted by Gasteiger charge is 2.27. The molecule has 1 amide bonds. The van der Waals surface area contributed by atoms with Gasteiger partial charge in [0.1, 0.15) is 0 Å². The Labute approximate surface area is 187 Å². The van der Waals surface area contributed by atoms with Crippen molar-refractivity contribution in [3.8, 4) is 10.7 Å². The van der Waals surface area contributed by atoms with Gasteiger partial charge >= 0.3 is 0 Å². The SMILES string of the molecule is CC(C(=O)N(C)c1ccccc1)N1CCN(CCCc2nc(-c3cccs3)no2)CC1. The monoisotopic (exact) mass is 439 g/mol. The number of amides is 1. The van der Waals surface area contributed by atoms with Gasteiger partial charge in [0.05, 0.1) is 10.9 Å². The molecule has 164 valence electrons. The summed E-state index contributed by atoms with van der Waals surface area (Å²) < 4.78 is 5.39. The van der Waals surface area contributed by atoms with Crippen molar-refractivity contribution < 1.29 is 9.32 Å². The molecular weight excluding hydrogens is 410 g/mol. The molecule has 0 radical (unpaired) electrons. The lowest BCUT2D eigenvalue weighted by atomic mass is 10.2. The van der Waals surface area contributed by atoms with Gasteiger partial charge < -0.3 is 14.3 Å². The number of hydrogen-bond donors (Lipinski definition) is 0. The standard InChI is InChI=1S/C23H29N5O2S/c1-18(23(29)26(2)19-8-4-3-5-9-19)28-15-13-27(14-16-28)12-6-11-21-24-22(25-30-21)20-10-7-17-31-20/h3-5,7-10,17-18H,6,11-16H2,1-2H3. The molecule has 0 saturated carbocycles. The Kier molecular flexibility index (Phi) is 7.11. The minimum atomic E-state index is -0.124. The number of carbonyl (C=O) groups is 1. The van der Waals surface area contributed by atoms with Crippen LogP contribution in [0.2, 0.25) is 0 Å². The molecule has 1 aromatic carbocycles.